The molecule has 0 aromatic heterocycles. The second-order valence-electron chi connectivity index (χ2n) is 4.93. The van der Waals surface area contributed by atoms with Gasteiger partial charge < -0.3 is 5.11 Å². The quantitative estimate of drug-likeness (QED) is 0.642. The molecule has 0 spiro atoms. The van der Waals surface area contributed by atoms with Gasteiger partial charge in [0, 0.05) is 31.2 Å². The van der Waals surface area contributed by atoms with Crippen LogP contribution in [0, 0.1) is 0 Å². The molecule has 78 valence electrons. The minimum atomic E-state index is 0.231. The number of hydrogen-bond acceptors (Lipinski definition) is 3. The highest BCUT2D eigenvalue weighted by Crippen LogP contribution is 2.17. The minimum Gasteiger partial charge on any atom is -0.395 e. The first kappa shape index (κ1) is 11.0. The Balaban J connectivity index is 2.55. The molecule has 1 fully saturated rings. The molecule has 1 aliphatic rings. The van der Waals surface area contributed by atoms with Crippen LogP contribution in [-0.4, -0.2) is 59.8 Å². The summed E-state index contributed by atoms with van der Waals surface area (Å²) in [7, 11) is 2.08. The van der Waals surface area contributed by atoms with Gasteiger partial charge in [-0.1, -0.05) is 0 Å². The average molecular weight is 186 g/mol. The van der Waals surface area contributed by atoms with E-state index in [2.05, 4.69) is 37.6 Å². The van der Waals surface area contributed by atoms with E-state index in [4.69, 9.17) is 0 Å². The van der Waals surface area contributed by atoms with Crippen LogP contribution in [0.25, 0.3) is 0 Å². The van der Waals surface area contributed by atoms with E-state index in [0.29, 0.717) is 6.04 Å². The number of nitrogens with zero attached hydrogens (tertiary/aromatic N) is 2. The van der Waals surface area contributed by atoms with Crippen molar-refractivity contribution in [1.82, 2.24) is 9.80 Å². The van der Waals surface area contributed by atoms with Gasteiger partial charge in [-0.25, -0.2) is 0 Å². The van der Waals surface area contributed by atoms with Crippen LogP contribution in [0.4, 0.5) is 0 Å². The van der Waals surface area contributed by atoms with Crippen molar-refractivity contribution in [2.75, 3.05) is 33.3 Å². The Morgan fingerprint density at radius 3 is 2.38 bits per heavy atom. The minimum absolute atomic E-state index is 0.231. The van der Waals surface area contributed by atoms with E-state index in [1.807, 2.05) is 0 Å². The molecular formula is C10H22N2O. The predicted molar refractivity (Wildman–Crippen MR) is 54.8 cm³/mol. The SMILES string of the molecule is CN1CCN(C(C)(C)C)C[C@@H]1CO. The highest BCUT2D eigenvalue weighted by atomic mass is 16.3. The monoisotopic (exact) mass is 186 g/mol. The molecule has 1 saturated heterocycles. The maximum atomic E-state index is 9.18. The van der Waals surface area contributed by atoms with E-state index >= 15 is 0 Å². The fourth-order valence-corrected chi connectivity index (χ4v) is 1.75. The van der Waals surface area contributed by atoms with Gasteiger partial charge in [-0.15, -0.1) is 0 Å². The number of likely N-dealkylation sites (N-methyl/N-ethyl adjacent to an activating group) is 1. The first-order valence-electron chi connectivity index (χ1n) is 5.01. The van der Waals surface area contributed by atoms with Crippen LogP contribution in [0.5, 0.6) is 0 Å². The summed E-state index contributed by atoms with van der Waals surface area (Å²) >= 11 is 0. The van der Waals surface area contributed by atoms with Crippen LogP contribution in [0.15, 0.2) is 0 Å². The van der Waals surface area contributed by atoms with Gasteiger partial charge in [0.15, 0.2) is 0 Å². The molecule has 3 heteroatoms. The number of hydrogen-bond donors (Lipinski definition) is 1. The molecule has 1 N–H and O–H groups in total. The highest BCUT2D eigenvalue weighted by molar-refractivity contribution is 4.86. The maximum Gasteiger partial charge on any atom is 0.0599 e. The van der Waals surface area contributed by atoms with Crippen molar-refractivity contribution < 1.29 is 5.11 Å². The van der Waals surface area contributed by atoms with Crippen molar-refractivity contribution >= 4 is 0 Å². The van der Waals surface area contributed by atoms with Crippen molar-refractivity contribution in [2.45, 2.75) is 32.4 Å². The second-order valence-corrected chi connectivity index (χ2v) is 4.93. The molecule has 0 saturated carbocycles. The van der Waals surface area contributed by atoms with E-state index in [1.54, 1.807) is 0 Å². The first-order chi connectivity index (χ1) is 5.95. The molecule has 0 aliphatic carbocycles. The molecule has 0 aromatic rings. The summed E-state index contributed by atoms with van der Waals surface area (Å²) in [5, 5.41) is 9.18. The van der Waals surface area contributed by atoms with Crippen LogP contribution in [0.3, 0.4) is 0 Å². The van der Waals surface area contributed by atoms with Gasteiger partial charge in [0.2, 0.25) is 0 Å². The number of aliphatic hydroxyl groups excluding tert-OH is 1. The molecule has 0 bridgehead atoms. The zero-order valence-electron chi connectivity index (χ0n) is 9.25. The van der Waals surface area contributed by atoms with Gasteiger partial charge in [-0.3, -0.25) is 9.80 Å². The number of piperazine rings is 1. The molecule has 1 atom stereocenters. The predicted octanol–water partition coefficient (Wildman–Crippen LogP) is 0.393. The van der Waals surface area contributed by atoms with E-state index in [0.717, 1.165) is 19.6 Å². The molecule has 0 aromatic carbocycles. The van der Waals surface area contributed by atoms with Crippen molar-refractivity contribution in [2.24, 2.45) is 0 Å². The summed E-state index contributed by atoms with van der Waals surface area (Å²) in [6, 6.07) is 0.313. The zero-order valence-corrected chi connectivity index (χ0v) is 9.25. The molecule has 3 nitrogen and oxygen atoms in total. The van der Waals surface area contributed by atoms with E-state index < -0.39 is 0 Å². The van der Waals surface area contributed by atoms with Crippen LogP contribution < -0.4 is 0 Å². The van der Waals surface area contributed by atoms with Gasteiger partial charge >= 0.3 is 0 Å². The highest BCUT2D eigenvalue weighted by Gasteiger charge is 2.29. The van der Waals surface area contributed by atoms with E-state index in [1.165, 1.54) is 0 Å². The summed E-state index contributed by atoms with van der Waals surface area (Å²) in [4.78, 5) is 4.68. The van der Waals surface area contributed by atoms with E-state index in [-0.39, 0.29) is 12.1 Å². The molecule has 0 unspecified atom stereocenters. The summed E-state index contributed by atoms with van der Waals surface area (Å²) in [5.74, 6) is 0. The van der Waals surface area contributed by atoms with Gasteiger partial charge in [-0.05, 0) is 27.8 Å². The fraction of sp³-hybridized carbons (Fsp3) is 1.00. The maximum absolute atomic E-state index is 9.18. The summed E-state index contributed by atoms with van der Waals surface area (Å²) in [6.45, 7) is 10.1. The third kappa shape index (κ3) is 2.66. The Kier molecular flexibility index (Phi) is 3.33. The van der Waals surface area contributed by atoms with Crippen LogP contribution in [-0.2, 0) is 0 Å². The summed E-state index contributed by atoms with van der Waals surface area (Å²) < 4.78 is 0. The lowest BCUT2D eigenvalue weighted by Gasteiger charge is -2.45. The van der Waals surface area contributed by atoms with Gasteiger partial charge in [-0.2, -0.15) is 0 Å². The van der Waals surface area contributed by atoms with Crippen molar-refractivity contribution in [3.05, 3.63) is 0 Å². The standard InChI is InChI=1S/C10H22N2O/c1-10(2,3)12-6-5-11(4)9(7-12)8-13/h9,13H,5-8H2,1-4H3/t9-/m1/s1. The summed E-state index contributed by atoms with van der Waals surface area (Å²) in [6.07, 6.45) is 0. The smallest absolute Gasteiger partial charge is 0.0599 e. The lowest BCUT2D eigenvalue weighted by Crippen LogP contribution is -2.58. The van der Waals surface area contributed by atoms with Crippen molar-refractivity contribution in [1.29, 1.82) is 0 Å². The molecule has 0 radical (unpaired) electrons. The molecule has 1 aliphatic heterocycles. The molecule has 1 rings (SSSR count). The third-order valence-electron chi connectivity index (χ3n) is 2.94. The van der Waals surface area contributed by atoms with E-state index in [9.17, 15) is 5.11 Å². The lowest BCUT2D eigenvalue weighted by atomic mass is 10.0. The Labute approximate surface area is 81.3 Å². The third-order valence-corrected chi connectivity index (χ3v) is 2.94. The van der Waals surface area contributed by atoms with Crippen molar-refractivity contribution in [3.63, 3.8) is 0 Å². The molecule has 1 heterocycles. The zero-order chi connectivity index (χ0) is 10.1. The topological polar surface area (TPSA) is 26.7 Å². The van der Waals surface area contributed by atoms with Crippen LogP contribution >= 0.6 is 0 Å². The fourth-order valence-electron chi connectivity index (χ4n) is 1.75. The van der Waals surface area contributed by atoms with Gasteiger partial charge in [0.05, 0.1) is 6.61 Å². The molecule has 0 amide bonds. The summed E-state index contributed by atoms with van der Waals surface area (Å²) in [5.41, 5.74) is 0.231. The second kappa shape index (κ2) is 3.95. The Morgan fingerprint density at radius 2 is 1.92 bits per heavy atom. The van der Waals surface area contributed by atoms with Gasteiger partial charge in [0.1, 0.15) is 0 Å². The average Bonchev–Trinajstić information content (AvgIpc) is 2.03. The molecular weight excluding hydrogens is 164 g/mol. The van der Waals surface area contributed by atoms with Crippen molar-refractivity contribution in [3.8, 4) is 0 Å². The Bertz CT molecular complexity index is 165. The lowest BCUT2D eigenvalue weighted by molar-refractivity contribution is 0.0133. The first-order valence-corrected chi connectivity index (χ1v) is 5.01. The Hall–Kier alpha value is -0.120. The Morgan fingerprint density at radius 1 is 1.31 bits per heavy atom. The van der Waals surface area contributed by atoms with Crippen LogP contribution in [0.1, 0.15) is 20.8 Å². The number of aliphatic hydroxyl groups is 1. The van der Waals surface area contributed by atoms with Gasteiger partial charge in [0.25, 0.3) is 0 Å². The normalized spacial score (nSPS) is 27.9. The van der Waals surface area contributed by atoms with Crippen LogP contribution in [0.2, 0.25) is 0 Å². The molecule has 13 heavy (non-hydrogen) atoms. The number of rotatable bonds is 1. The largest absolute Gasteiger partial charge is 0.395 e.